The van der Waals surface area contributed by atoms with Crippen molar-refractivity contribution in [1.82, 2.24) is 19.4 Å². The van der Waals surface area contributed by atoms with Crippen molar-refractivity contribution in [3.8, 4) is 11.1 Å². The first kappa shape index (κ1) is 24.7. The Labute approximate surface area is 212 Å². The average Bonchev–Trinajstić information content (AvgIpc) is 3.40. The molecule has 3 atom stereocenters. The van der Waals surface area contributed by atoms with Crippen LogP contribution < -0.4 is 0 Å². The summed E-state index contributed by atoms with van der Waals surface area (Å²) in [6, 6.07) is 14.9. The summed E-state index contributed by atoms with van der Waals surface area (Å²) >= 11 is 0. The van der Waals surface area contributed by atoms with E-state index in [-0.39, 0.29) is 23.9 Å². The van der Waals surface area contributed by atoms with Crippen molar-refractivity contribution in [3.63, 3.8) is 0 Å². The van der Waals surface area contributed by atoms with E-state index in [0.717, 1.165) is 62.1 Å². The zero-order valence-corrected chi connectivity index (χ0v) is 21.1. The zero-order valence-electron chi connectivity index (χ0n) is 21.1. The highest BCUT2D eigenvalue weighted by atomic mass is 19.1. The van der Waals surface area contributed by atoms with Crippen LogP contribution in [0, 0.1) is 11.7 Å². The fourth-order valence-electron chi connectivity index (χ4n) is 5.78. The lowest BCUT2D eigenvalue weighted by Crippen LogP contribution is -2.51. The Kier molecular flexibility index (Phi) is 7.21. The number of hydrogen-bond acceptors (Lipinski definition) is 4. The van der Waals surface area contributed by atoms with Gasteiger partial charge >= 0.3 is 0 Å². The molecule has 0 aliphatic carbocycles. The smallest absolute Gasteiger partial charge is 0.272 e. The molecule has 3 aromatic rings. The molecule has 0 spiro atoms. The number of rotatable bonds is 5. The van der Waals surface area contributed by atoms with Gasteiger partial charge in [-0.1, -0.05) is 43.3 Å². The molecule has 1 N–H and O–H groups in total. The van der Waals surface area contributed by atoms with Gasteiger partial charge in [0.15, 0.2) is 0 Å². The minimum atomic E-state index is -0.261. The van der Waals surface area contributed by atoms with Crippen LogP contribution in [0.1, 0.15) is 55.2 Å². The number of aliphatic hydroxyl groups is 1. The van der Waals surface area contributed by atoms with E-state index in [4.69, 9.17) is 0 Å². The third-order valence-electron chi connectivity index (χ3n) is 8.03. The number of carbonyl (C=O) groups is 1. The second-order valence-corrected chi connectivity index (χ2v) is 10.3. The molecule has 1 amide bonds. The third kappa shape index (κ3) is 4.95. The molecule has 7 heteroatoms. The van der Waals surface area contributed by atoms with E-state index >= 15 is 0 Å². The molecule has 190 valence electrons. The topological polar surface area (TPSA) is 61.6 Å². The van der Waals surface area contributed by atoms with Gasteiger partial charge in [0, 0.05) is 32.2 Å². The first-order chi connectivity index (χ1) is 17.4. The quantitative estimate of drug-likeness (QED) is 0.568. The first-order valence-electron chi connectivity index (χ1n) is 13.0. The number of piperidine rings is 2. The maximum absolute atomic E-state index is 13.6. The molecular weight excluding hydrogens is 455 g/mol. The van der Waals surface area contributed by atoms with E-state index in [1.807, 2.05) is 27.7 Å². The summed E-state index contributed by atoms with van der Waals surface area (Å²) in [5, 5.41) is 10.1. The average molecular weight is 491 g/mol. The van der Waals surface area contributed by atoms with Gasteiger partial charge in [-0.05, 0) is 60.9 Å². The summed E-state index contributed by atoms with van der Waals surface area (Å²) in [5.74, 6) is 0.0504. The van der Waals surface area contributed by atoms with Crippen LogP contribution in [-0.2, 0) is 0 Å². The van der Waals surface area contributed by atoms with Crippen molar-refractivity contribution >= 4 is 5.91 Å². The molecule has 0 radical (unpaired) electrons. The molecule has 2 aliphatic heterocycles. The number of amides is 1. The van der Waals surface area contributed by atoms with Gasteiger partial charge in [0.05, 0.1) is 24.7 Å². The van der Waals surface area contributed by atoms with Crippen LogP contribution >= 0.6 is 0 Å². The largest absolute Gasteiger partial charge is 0.393 e. The standard InChI is InChI=1S/C29H35FN4O2/c1-20-18-33(16-13-28(20)35)24-11-14-32(15-12-24)29(36)27-17-31-19-34(27)21(2)25-5-3-4-6-26(25)22-7-9-23(30)10-8-22/h3-10,17,19-21,24,28,35H,11-16,18H2,1-2H3/t20-,21+,28+/m1/s1. The number of hydrogen-bond donors (Lipinski definition) is 1. The normalized spacial score (nSPS) is 22.5. The van der Waals surface area contributed by atoms with E-state index in [1.54, 1.807) is 24.7 Å². The van der Waals surface area contributed by atoms with Crippen molar-refractivity contribution in [2.24, 2.45) is 5.92 Å². The van der Waals surface area contributed by atoms with Gasteiger partial charge in [0.25, 0.3) is 5.91 Å². The van der Waals surface area contributed by atoms with Crippen molar-refractivity contribution in [3.05, 3.63) is 78.1 Å². The van der Waals surface area contributed by atoms with E-state index in [9.17, 15) is 14.3 Å². The molecule has 5 rings (SSSR count). The molecule has 0 unspecified atom stereocenters. The summed E-state index contributed by atoms with van der Waals surface area (Å²) < 4.78 is 15.4. The second-order valence-electron chi connectivity index (χ2n) is 10.3. The van der Waals surface area contributed by atoms with Crippen LogP contribution in [-0.4, -0.2) is 68.7 Å². The van der Waals surface area contributed by atoms with Crippen LogP contribution in [0.4, 0.5) is 4.39 Å². The van der Waals surface area contributed by atoms with Crippen molar-refractivity contribution < 1.29 is 14.3 Å². The minimum absolute atomic E-state index is 0.0134. The summed E-state index contributed by atoms with van der Waals surface area (Å²) in [6.07, 6.45) is 5.93. The number of imidazole rings is 1. The van der Waals surface area contributed by atoms with Crippen molar-refractivity contribution in [1.29, 1.82) is 0 Å². The van der Waals surface area contributed by atoms with Crippen LogP contribution in [0.5, 0.6) is 0 Å². The highest BCUT2D eigenvalue weighted by Crippen LogP contribution is 2.32. The fraction of sp³-hybridized carbons (Fsp3) is 0.448. The van der Waals surface area contributed by atoms with Gasteiger partial charge in [0.2, 0.25) is 0 Å². The predicted molar refractivity (Wildman–Crippen MR) is 138 cm³/mol. The predicted octanol–water partition coefficient (Wildman–Crippen LogP) is 4.61. The Balaban J connectivity index is 1.30. The van der Waals surface area contributed by atoms with Gasteiger partial charge in [-0.2, -0.15) is 0 Å². The van der Waals surface area contributed by atoms with Gasteiger partial charge in [-0.15, -0.1) is 0 Å². The number of nitrogens with zero attached hydrogens (tertiary/aromatic N) is 4. The maximum Gasteiger partial charge on any atom is 0.272 e. The number of halogens is 1. The fourth-order valence-corrected chi connectivity index (χ4v) is 5.78. The molecule has 3 heterocycles. The molecule has 1 aromatic heterocycles. The highest BCUT2D eigenvalue weighted by molar-refractivity contribution is 5.92. The van der Waals surface area contributed by atoms with E-state index < -0.39 is 0 Å². The number of aromatic nitrogens is 2. The Morgan fingerprint density at radius 2 is 1.78 bits per heavy atom. The summed E-state index contributed by atoms with van der Waals surface area (Å²) in [7, 11) is 0. The van der Waals surface area contributed by atoms with Gasteiger partial charge in [0.1, 0.15) is 11.5 Å². The molecular formula is C29H35FN4O2. The van der Waals surface area contributed by atoms with Crippen LogP contribution in [0.2, 0.25) is 0 Å². The summed E-state index contributed by atoms with van der Waals surface area (Å²) in [5.41, 5.74) is 3.59. The summed E-state index contributed by atoms with van der Waals surface area (Å²) in [6.45, 7) is 7.50. The van der Waals surface area contributed by atoms with Crippen LogP contribution in [0.25, 0.3) is 11.1 Å². The lowest BCUT2D eigenvalue weighted by Gasteiger charge is -2.43. The first-order valence-corrected chi connectivity index (χ1v) is 13.0. The molecule has 2 aliphatic rings. The van der Waals surface area contributed by atoms with E-state index in [1.165, 1.54) is 12.1 Å². The molecule has 2 fully saturated rings. The minimum Gasteiger partial charge on any atom is -0.393 e. The third-order valence-corrected chi connectivity index (χ3v) is 8.03. The van der Waals surface area contributed by atoms with Gasteiger partial charge < -0.3 is 14.6 Å². The van der Waals surface area contributed by atoms with E-state index in [2.05, 4.69) is 29.8 Å². The molecule has 36 heavy (non-hydrogen) atoms. The van der Waals surface area contributed by atoms with Crippen LogP contribution in [0.15, 0.2) is 61.1 Å². The Morgan fingerprint density at radius 3 is 2.50 bits per heavy atom. The van der Waals surface area contributed by atoms with E-state index in [0.29, 0.717) is 17.7 Å². The lowest BCUT2D eigenvalue weighted by molar-refractivity contribution is 0.00349. The Morgan fingerprint density at radius 1 is 1.06 bits per heavy atom. The highest BCUT2D eigenvalue weighted by Gasteiger charge is 2.33. The van der Waals surface area contributed by atoms with Gasteiger partial charge in [-0.3, -0.25) is 9.69 Å². The number of likely N-dealkylation sites (tertiary alicyclic amines) is 2. The molecule has 2 saturated heterocycles. The Hall–Kier alpha value is -3.03. The summed E-state index contributed by atoms with van der Waals surface area (Å²) in [4.78, 5) is 22.3. The zero-order chi connectivity index (χ0) is 25.2. The molecule has 0 saturated carbocycles. The van der Waals surface area contributed by atoms with Gasteiger partial charge in [-0.25, -0.2) is 9.37 Å². The lowest BCUT2D eigenvalue weighted by atomic mass is 9.93. The monoisotopic (exact) mass is 490 g/mol. The van der Waals surface area contributed by atoms with Crippen molar-refractivity contribution in [2.75, 3.05) is 26.2 Å². The SMILES string of the molecule is C[C@@H]1CN(C2CCN(C(=O)c3cncn3[C@@H](C)c3ccccc3-c3ccc(F)cc3)CC2)CC[C@@H]1O. The van der Waals surface area contributed by atoms with Crippen molar-refractivity contribution in [2.45, 2.75) is 51.3 Å². The molecule has 6 nitrogen and oxygen atoms in total. The maximum atomic E-state index is 13.6. The molecule has 0 bridgehead atoms. The molecule has 2 aromatic carbocycles. The number of carbonyl (C=O) groups excluding carboxylic acids is 1. The van der Waals surface area contributed by atoms with Crippen LogP contribution in [0.3, 0.4) is 0 Å². The Bertz CT molecular complexity index is 1190. The second kappa shape index (κ2) is 10.5. The number of benzene rings is 2. The number of aliphatic hydroxyl groups excluding tert-OH is 1.